The molecule has 172 valence electrons. The Hall–Kier alpha value is -3.47. The van der Waals surface area contributed by atoms with E-state index >= 15 is 0 Å². The third-order valence-electron chi connectivity index (χ3n) is 4.51. The molecule has 8 nitrogen and oxygen atoms in total. The van der Waals surface area contributed by atoms with Crippen LogP contribution in [0.25, 0.3) is 0 Å². The van der Waals surface area contributed by atoms with Crippen LogP contribution in [-0.4, -0.2) is 60.7 Å². The fourth-order valence-electron chi connectivity index (χ4n) is 3.00. The first-order valence-electron chi connectivity index (χ1n) is 9.65. The van der Waals surface area contributed by atoms with E-state index < -0.39 is 24.3 Å². The minimum Gasteiger partial charge on any atom is -0.508 e. The smallest absolute Gasteiger partial charge is 0.508 e. The Kier molecular flexibility index (Phi) is 7.41. The SMILES string of the molecule is O=C(NCC1CN(C(=O)OCc2cccc(OC(F)(F)F)c2)CCO1)c1ccc(O)cc1. The van der Waals surface area contributed by atoms with E-state index in [1.54, 1.807) is 0 Å². The first kappa shape index (κ1) is 23.2. The third kappa shape index (κ3) is 7.05. The molecular weight excluding hydrogens is 433 g/mol. The number of phenolic OH excluding ortho intramolecular Hbond substituents is 1. The van der Waals surface area contributed by atoms with Crippen molar-refractivity contribution in [2.45, 2.75) is 19.1 Å². The summed E-state index contributed by atoms with van der Waals surface area (Å²) in [6.07, 6.45) is -5.92. The Balaban J connectivity index is 1.46. The van der Waals surface area contributed by atoms with E-state index in [0.29, 0.717) is 11.1 Å². The number of phenols is 1. The number of halogens is 3. The van der Waals surface area contributed by atoms with E-state index in [0.717, 1.165) is 12.1 Å². The van der Waals surface area contributed by atoms with E-state index in [-0.39, 0.29) is 44.5 Å². The summed E-state index contributed by atoms with van der Waals surface area (Å²) in [7, 11) is 0. The van der Waals surface area contributed by atoms with Crippen LogP contribution < -0.4 is 10.1 Å². The highest BCUT2D eigenvalue weighted by Crippen LogP contribution is 2.23. The Bertz CT molecular complexity index is 936. The molecule has 0 aliphatic carbocycles. The normalized spacial score (nSPS) is 16.3. The summed E-state index contributed by atoms with van der Waals surface area (Å²) in [5.41, 5.74) is 0.706. The molecule has 32 heavy (non-hydrogen) atoms. The average molecular weight is 454 g/mol. The van der Waals surface area contributed by atoms with Crippen LogP contribution in [0.2, 0.25) is 0 Å². The highest BCUT2D eigenvalue weighted by molar-refractivity contribution is 5.94. The lowest BCUT2D eigenvalue weighted by Gasteiger charge is -2.32. The van der Waals surface area contributed by atoms with Gasteiger partial charge in [0.1, 0.15) is 18.1 Å². The number of ether oxygens (including phenoxy) is 3. The van der Waals surface area contributed by atoms with Crippen molar-refractivity contribution in [2.75, 3.05) is 26.2 Å². The summed E-state index contributed by atoms with van der Waals surface area (Å²) in [6, 6.07) is 10.9. The van der Waals surface area contributed by atoms with Crippen LogP contribution in [0.5, 0.6) is 11.5 Å². The molecule has 0 radical (unpaired) electrons. The molecule has 3 rings (SSSR count). The van der Waals surface area contributed by atoms with Crippen LogP contribution in [0, 0.1) is 0 Å². The fraction of sp³-hybridized carbons (Fsp3) is 0.333. The standard InChI is InChI=1S/C21H21F3N2O6/c22-21(23,24)32-17-3-1-2-14(10-17)13-31-20(29)26-8-9-30-18(12-26)11-25-19(28)15-4-6-16(27)7-5-15/h1-7,10,18,27H,8-9,11-13H2,(H,25,28). The van der Waals surface area contributed by atoms with E-state index in [4.69, 9.17) is 9.47 Å². The number of rotatable bonds is 6. The van der Waals surface area contributed by atoms with Gasteiger partial charge >= 0.3 is 12.5 Å². The number of nitrogens with zero attached hydrogens (tertiary/aromatic N) is 1. The van der Waals surface area contributed by atoms with Gasteiger partial charge in [-0.3, -0.25) is 4.79 Å². The lowest BCUT2D eigenvalue weighted by Crippen LogP contribution is -2.49. The van der Waals surface area contributed by atoms with Crippen LogP contribution in [0.15, 0.2) is 48.5 Å². The summed E-state index contributed by atoms with van der Waals surface area (Å²) < 4.78 is 51.6. The second-order valence-electron chi connectivity index (χ2n) is 6.95. The summed E-state index contributed by atoms with van der Waals surface area (Å²) >= 11 is 0. The lowest BCUT2D eigenvalue weighted by molar-refractivity contribution is -0.274. The van der Waals surface area contributed by atoms with Crippen molar-refractivity contribution in [2.24, 2.45) is 0 Å². The number of nitrogens with one attached hydrogen (secondary N) is 1. The van der Waals surface area contributed by atoms with E-state index in [2.05, 4.69) is 10.1 Å². The molecule has 0 saturated carbocycles. The van der Waals surface area contributed by atoms with Crippen molar-refractivity contribution in [3.05, 3.63) is 59.7 Å². The van der Waals surface area contributed by atoms with Crippen molar-refractivity contribution in [1.82, 2.24) is 10.2 Å². The molecule has 1 fully saturated rings. The molecule has 11 heteroatoms. The zero-order valence-corrected chi connectivity index (χ0v) is 16.8. The number of amides is 2. The monoisotopic (exact) mass is 454 g/mol. The van der Waals surface area contributed by atoms with E-state index in [1.807, 2.05) is 0 Å². The second-order valence-corrected chi connectivity index (χ2v) is 6.95. The van der Waals surface area contributed by atoms with Gasteiger partial charge in [-0.15, -0.1) is 13.2 Å². The number of carbonyl (C=O) groups is 2. The molecule has 1 unspecified atom stereocenters. The van der Waals surface area contributed by atoms with Crippen molar-refractivity contribution in [3.63, 3.8) is 0 Å². The van der Waals surface area contributed by atoms with Gasteiger partial charge in [0.25, 0.3) is 5.91 Å². The molecule has 0 aromatic heterocycles. The largest absolute Gasteiger partial charge is 0.573 e. The lowest BCUT2D eigenvalue weighted by atomic mass is 10.2. The predicted octanol–water partition coefficient (Wildman–Crippen LogP) is 3.06. The van der Waals surface area contributed by atoms with E-state index in [9.17, 15) is 27.9 Å². The maximum atomic E-state index is 12.3. The topological polar surface area (TPSA) is 97.3 Å². The summed E-state index contributed by atoms with van der Waals surface area (Å²) in [4.78, 5) is 25.9. The number of hydrogen-bond acceptors (Lipinski definition) is 6. The molecule has 0 bridgehead atoms. The molecule has 2 N–H and O–H groups in total. The van der Waals surface area contributed by atoms with Gasteiger partial charge in [-0.1, -0.05) is 12.1 Å². The van der Waals surface area contributed by atoms with Gasteiger partial charge in [0, 0.05) is 18.7 Å². The van der Waals surface area contributed by atoms with Crippen molar-refractivity contribution < 1.29 is 42.1 Å². The minimum atomic E-state index is -4.81. The van der Waals surface area contributed by atoms with Gasteiger partial charge in [-0.25, -0.2) is 4.79 Å². The van der Waals surface area contributed by atoms with Crippen LogP contribution >= 0.6 is 0 Å². The van der Waals surface area contributed by atoms with Crippen molar-refractivity contribution in [1.29, 1.82) is 0 Å². The van der Waals surface area contributed by atoms with Crippen LogP contribution in [-0.2, 0) is 16.1 Å². The van der Waals surface area contributed by atoms with Crippen LogP contribution in [0.1, 0.15) is 15.9 Å². The fourth-order valence-corrected chi connectivity index (χ4v) is 3.00. The van der Waals surface area contributed by atoms with Gasteiger partial charge in [-0.05, 0) is 42.0 Å². The number of carbonyl (C=O) groups excluding carboxylic acids is 2. The molecule has 2 aromatic rings. The summed E-state index contributed by atoms with van der Waals surface area (Å²) in [5.74, 6) is -0.706. The van der Waals surface area contributed by atoms with Crippen molar-refractivity contribution >= 4 is 12.0 Å². The Labute approximate surface area is 181 Å². The average Bonchev–Trinajstić information content (AvgIpc) is 2.75. The van der Waals surface area contributed by atoms with Gasteiger partial charge in [-0.2, -0.15) is 0 Å². The number of alkyl halides is 3. The molecular formula is C21H21F3N2O6. The maximum absolute atomic E-state index is 12.3. The number of morpholine rings is 1. The first-order chi connectivity index (χ1) is 15.2. The Morgan fingerprint density at radius 2 is 1.94 bits per heavy atom. The van der Waals surface area contributed by atoms with Crippen molar-refractivity contribution in [3.8, 4) is 11.5 Å². The summed E-state index contributed by atoms with van der Waals surface area (Å²) in [5, 5.41) is 12.0. The van der Waals surface area contributed by atoms with Crippen LogP contribution in [0.4, 0.5) is 18.0 Å². The van der Waals surface area contributed by atoms with E-state index in [1.165, 1.54) is 41.3 Å². The van der Waals surface area contributed by atoms with Gasteiger partial charge in [0.15, 0.2) is 0 Å². The molecule has 2 amide bonds. The molecule has 1 saturated heterocycles. The molecule has 0 spiro atoms. The van der Waals surface area contributed by atoms with Gasteiger partial charge < -0.3 is 29.5 Å². The van der Waals surface area contributed by atoms with Crippen LogP contribution in [0.3, 0.4) is 0 Å². The Morgan fingerprint density at radius 3 is 2.66 bits per heavy atom. The van der Waals surface area contributed by atoms with Gasteiger partial charge in [0.2, 0.25) is 0 Å². The number of aromatic hydroxyl groups is 1. The second kappa shape index (κ2) is 10.2. The predicted molar refractivity (Wildman–Crippen MR) is 105 cm³/mol. The highest BCUT2D eigenvalue weighted by atomic mass is 19.4. The summed E-state index contributed by atoms with van der Waals surface area (Å²) in [6.45, 7) is 0.613. The minimum absolute atomic E-state index is 0.0472. The Morgan fingerprint density at radius 1 is 1.19 bits per heavy atom. The molecule has 1 aliphatic rings. The highest BCUT2D eigenvalue weighted by Gasteiger charge is 2.31. The first-order valence-corrected chi connectivity index (χ1v) is 9.65. The zero-order valence-electron chi connectivity index (χ0n) is 16.8. The molecule has 1 heterocycles. The quantitative estimate of drug-likeness (QED) is 0.697. The maximum Gasteiger partial charge on any atom is 0.573 e. The van der Waals surface area contributed by atoms with Gasteiger partial charge in [0.05, 0.1) is 19.3 Å². The third-order valence-corrected chi connectivity index (χ3v) is 4.51. The zero-order chi connectivity index (χ0) is 23.1. The molecule has 2 aromatic carbocycles. The number of benzene rings is 2. The number of hydrogen-bond donors (Lipinski definition) is 2. The molecule has 1 atom stereocenters. The molecule has 1 aliphatic heterocycles.